The normalized spacial score (nSPS) is 44.3. The second-order valence-corrected chi connectivity index (χ2v) is 9.77. The third-order valence-electron chi connectivity index (χ3n) is 8.83. The molecule has 3 nitrogen and oxygen atoms in total. The lowest BCUT2D eigenvalue weighted by atomic mass is 9.46. The Bertz CT molecular complexity index is 701. The number of carbonyl (C=O) groups is 2. The highest BCUT2D eigenvalue weighted by atomic mass is 16.1. The quantitative estimate of drug-likeness (QED) is 0.717. The van der Waals surface area contributed by atoms with Gasteiger partial charge in [-0.25, -0.2) is 0 Å². The van der Waals surface area contributed by atoms with E-state index in [0.717, 1.165) is 25.7 Å². The molecule has 4 aliphatic carbocycles. The highest BCUT2D eigenvalue weighted by Crippen LogP contribution is 2.66. The maximum Gasteiger partial charge on any atom is 0.155 e. The van der Waals surface area contributed by atoms with Gasteiger partial charge in [-0.05, 0) is 79.6 Å². The van der Waals surface area contributed by atoms with Crippen LogP contribution in [0.1, 0.15) is 78.1 Å². The summed E-state index contributed by atoms with van der Waals surface area (Å²) in [5.74, 6) is 2.86. The van der Waals surface area contributed by atoms with Crippen molar-refractivity contribution in [2.75, 3.05) is 0 Å². The number of hydrogen-bond acceptors (Lipinski definition) is 3. The Balaban J connectivity index is 1.58. The molecule has 0 saturated heterocycles. The summed E-state index contributed by atoms with van der Waals surface area (Å²) in [7, 11) is 0. The molecule has 4 rings (SSSR count). The number of rotatable bonds is 3. The molecule has 0 aromatic carbocycles. The largest absolute Gasteiger partial charge is 0.299 e. The highest BCUT2D eigenvalue weighted by molar-refractivity contribution is 5.91. The number of Topliss-reactive ketones (excluding diaryl/α,β-unsaturated/α-hetero) is 1. The summed E-state index contributed by atoms with van der Waals surface area (Å²) in [6.45, 7) is 4.78. The molecule has 0 heterocycles. The second kappa shape index (κ2) is 6.32. The molecule has 0 N–H and O–H groups in total. The summed E-state index contributed by atoms with van der Waals surface area (Å²) in [6.07, 6.45) is 11.3. The van der Waals surface area contributed by atoms with Gasteiger partial charge in [-0.1, -0.05) is 19.4 Å². The number of allylic oxidation sites excluding steroid dienone is 1. The van der Waals surface area contributed by atoms with Crippen LogP contribution >= 0.6 is 0 Å². The first kappa shape index (κ1) is 18.0. The number of fused-ring (bicyclic) bond motifs is 5. The lowest BCUT2D eigenvalue weighted by Crippen LogP contribution is -2.51. The average molecular weight is 354 g/mol. The lowest BCUT2D eigenvalue weighted by molar-refractivity contribution is -0.130. The van der Waals surface area contributed by atoms with Gasteiger partial charge in [0.05, 0.1) is 6.07 Å². The molecule has 0 radical (unpaired) electrons. The zero-order chi connectivity index (χ0) is 18.5. The summed E-state index contributed by atoms with van der Waals surface area (Å²) in [4.78, 5) is 24.7. The molecule has 6 atom stereocenters. The minimum Gasteiger partial charge on any atom is -0.299 e. The molecular weight excluding hydrogens is 322 g/mol. The van der Waals surface area contributed by atoms with E-state index in [1.165, 1.54) is 24.8 Å². The van der Waals surface area contributed by atoms with Crippen molar-refractivity contribution in [3.05, 3.63) is 11.6 Å². The summed E-state index contributed by atoms with van der Waals surface area (Å²) in [5, 5.41) is 8.83. The van der Waals surface area contributed by atoms with E-state index >= 15 is 0 Å². The van der Waals surface area contributed by atoms with Crippen LogP contribution in [0.25, 0.3) is 0 Å². The van der Waals surface area contributed by atoms with Crippen LogP contribution in [-0.2, 0) is 9.59 Å². The van der Waals surface area contributed by atoms with Crippen LogP contribution in [0.15, 0.2) is 11.6 Å². The van der Waals surface area contributed by atoms with Crippen molar-refractivity contribution >= 4 is 11.6 Å². The Morgan fingerprint density at radius 1 is 1.15 bits per heavy atom. The van der Waals surface area contributed by atoms with Crippen molar-refractivity contribution in [2.24, 2.45) is 34.5 Å². The maximum atomic E-state index is 12.8. The molecule has 3 heteroatoms. The van der Waals surface area contributed by atoms with E-state index in [2.05, 4.69) is 19.9 Å². The van der Waals surface area contributed by atoms with Gasteiger partial charge < -0.3 is 0 Å². The molecule has 0 spiro atoms. The minimum absolute atomic E-state index is 0.135. The van der Waals surface area contributed by atoms with Crippen molar-refractivity contribution in [1.29, 1.82) is 5.26 Å². The molecule has 0 amide bonds. The number of nitriles is 1. The number of nitrogens with zero attached hydrogens (tertiary/aromatic N) is 1. The van der Waals surface area contributed by atoms with E-state index in [-0.39, 0.29) is 16.7 Å². The molecule has 26 heavy (non-hydrogen) atoms. The van der Waals surface area contributed by atoms with Crippen LogP contribution in [0, 0.1) is 45.8 Å². The summed E-state index contributed by atoms with van der Waals surface area (Å²) >= 11 is 0. The van der Waals surface area contributed by atoms with Crippen molar-refractivity contribution in [1.82, 2.24) is 0 Å². The molecule has 6 unspecified atom stereocenters. The van der Waals surface area contributed by atoms with Gasteiger partial charge in [-0.2, -0.15) is 5.26 Å². The maximum absolute atomic E-state index is 12.8. The van der Waals surface area contributed by atoms with Crippen molar-refractivity contribution < 1.29 is 9.59 Å². The average Bonchev–Trinajstić information content (AvgIpc) is 2.97. The fourth-order valence-corrected chi connectivity index (χ4v) is 7.44. The smallest absolute Gasteiger partial charge is 0.155 e. The zero-order valence-electron chi connectivity index (χ0n) is 16.2. The fraction of sp³-hybridized carbons (Fsp3) is 0.783. The van der Waals surface area contributed by atoms with Gasteiger partial charge >= 0.3 is 0 Å². The Hall–Kier alpha value is -1.43. The molecule has 0 bridgehead atoms. The molecule has 0 aromatic rings. The van der Waals surface area contributed by atoms with Gasteiger partial charge in [0.15, 0.2) is 5.78 Å². The van der Waals surface area contributed by atoms with Gasteiger partial charge in [0.2, 0.25) is 0 Å². The summed E-state index contributed by atoms with van der Waals surface area (Å²) in [6, 6.07) is 2.14. The summed E-state index contributed by atoms with van der Waals surface area (Å²) < 4.78 is 0. The predicted octanol–water partition coefficient (Wildman–Crippen LogP) is 5.01. The monoisotopic (exact) mass is 353 g/mol. The van der Waals surface area contributed by atoms with Gasteiger partial charge in [0.25, 0.3) is 0 Å². The first-order chi connectivity index (χ1) is 12.4. The van der Waals surface area contributed by atoms with Crippen molar-refractivity contribution in [3.8, 4) is 6.07 Å². The SMILES string of the molecule is CC12CCC(=O)C=C1CCC1C2CCC2(C)C(C(=O)CCC#N)CCC12. The van der Waals surface area contributed by atoms with E-state index in [0.29, 0.717) is 48.6 Å². The third-order valence-corrected chi connectivity index (χ3v) is 8.83. The predicted molar refractivity (Wildman–Crippen MR) is 100 cm³/mol. The number of ketones is 2. The molecule has 3 fully saturated rings. The number of carbonyl (C=O) groups excluding carboxylic acids is 2. The van der Waals surface area contributed by atoms with E-state index in [1.807, 2.05) is 6.08 Å². The molecular formula is C23H31NO2. The standard InChI is InChI=1S/C23H31NO2/c1-22-11-9-16(25)14-15(22)5-6-17-18-7-8-20(21(26)4-3-13-24)23(18,2)12-10-19(17)22/h14,17-20H,3-12H2,1-2H3. The van der Waals surface area contributed by atoms with E-state index in [4.69, 9.17) is 5.26 Å². The van der Waals surface area contributed by atoms with E-state index < -0.39 is 0 Å². The van der Waals surface area contributed by atoms with Crippen LogP contribution in [0.5, 0.6) is 0 Å². The minimum atomic E-state index is 0.135. The van der Waals surface area contributed by atoms with Crippen LogP contribution in [0.2, 0.25) is 0 Å². The highest BCUT2D eigenvalue weighted by Gasteiger charge is 2.59. The van der Waals surface area contributed by atoms with Crippen LogP contribution in [-0.4, -0.2) is 11.6 Å². The van der Waals surface area contributed by atoms with Crippen molar-refractivity contribution in [2.45, 2.75) is 78.1 Å². The first-order valence-electron chi connectivity index (χ1n) is 10.5. The van der Waals surface area contributed by atoms with Gasteiger partial charge in [-0.3, -0.25) is 9.59 Å². The molecule has 0 aliphatic heterocycles. The molecule has 0 aromatic heterocycles. The van der Waals surface area contributed by atoms with Crippen LogP contribution in [0.4, 0.5) is 0 Å². The third kappa shape index (κ3) is 2.52. The molecule has 140 valence electrons. The van der Waals surface area contributed by atoms with Gasteiger partial charge in [0, 0.05) is 25.2 Å². The van der Waals surface area contributed by atoms with E-state index in [9.17, 15) is 9.59 Å². The van der Waals surface area contributed by atoms with Gasteiger partial charge in [0.1, 0.15) is 5.78 Å². The Morgan fingerprint density at radius 3 is 2.73 bits per heavy atom. The second-order valence-electron chi connectivity index (χ2n) is 9.77. The summed E-state index contributed by atoms with van der Waals surface area (Å²) in [5.41, 5.74) is 1.76. The molecule has 4 aliphatic rings. The Labute approximate surface area is 157 Å². The zero-order valence-corrected chi connectivity index (χ0v) is 16.2. The van der Waals surface area contributed by atoms with Crippen molar-refractivity contribution in [3.63, 3.8) is 0 Å². The fourth-order valence-electron chi connectivity index (χ4n) is 7.44. The van der Waals surface area contributed by atoms with Crippen LogP contribution < -0.4 is 0 Å². The number of hydrogen-bond donors (Lipinski definition) is 0. The Kier molecular flexibility index (Phi) is 4.37. The van der Waals surface area contributed by atoms with Gasteiger partial charge in [-0.15, -0.1) is 0 Å². The van der Waals surface area contributed by atoms with E-state index in [1.54, 1.807) is 0 Å². The lowest BCUT2D eigenvalue weighted by Gasteiger charge is -2.58. The molecule has 3 saturated carbocycles. The topological polar surface area (TPSA) is 57.9 Å². The first-order valence-corrected chi connectivity index (χ1v) is 10.5. The van der Waals surface area contributed by atoms with Crippen LogP contribution in [0.3, 0.4) is 0 Å². The Morgan fingerprint density at radius 2 is 1.96 bits per heavy atom.